The fourth-order valence-electron chi connectivity index (χ4n) is 3.50. The average molecular weight is 424 g/mol. The Balaban J connectivity index is 2.01. The molecule has 0 aliphatic carbocycles. The summed E-state index contributed by atoms with van der Waals surface area (Å²) in [6.07, 6.45) is 0. The van der Waals surface area contributed by atoms with E-state index in [1.807, 2.05) is 38.1 Å². The van der Waals surface area contributed by atoms with Crippen LogP contribution in [0.15, 0.2) is 82.1 Å². The minimum absolute atomic E-state index is 0.117. The van der Waals surface area contributed by atoms with Crippen molar-refractivity contribution in [2.75, 3.05) is 0 Å². The number of nitrogens with zero attached hydrogens (tertiary/aromatic N) is 3. The van der Waals surface area contributed by atoms with Crippen molar-refractivity contribution in [1.82, 2.24) is 9.13 Å². The van der Waals surface area contributed by atoms with Gasteiger partial charge in [-0.3, -0.25) is 0 Å². The van der Waals surface area contributed by atoms with Crippen molar-refractivity contribution >= 4 is 21.1 Å². The van der Waals surface area contributed by atoms with Gasteiger partial charge in [0.2, 0.25) is 5.62 Å². The standard InChI is InChI=1S/C23H22FN3O2S/c1-3-26-21-14-13-19(24)15-22(21)27(16-18-11-9-17(2)10-12-18)23(26)25-30(28,29)20-7-5-4-6-8-20/h4-15H,3,16H2,1-2H3. The lowest BCUT2D eigenvalue weighted by Crippen LogP contribution is -2.27. The number of fused-ring (bicyclic) bond motifs is 1. The summed E-state index contributed by atoms with van der Waals surface area (Å²) in [6.45, 7) is 4.78. The first-order valence-electron chi connectivity index (χ1n) is 9.69. The summed E-state index contributed by atoms with van der Waals surface area (Å²) in [4.78, 5) is 0.117. The number of aromatic nitrogens is 2. The molecule has 3 aromatic carbocycles. The van der Waals surface area contributed by atoms with Crippen molar-refractivity contribution in [2.24, 2.45) is 4.40 Å². The summed E-state index contributed by atoms with van der Waals surface area (Å²) in [5.41, 5.74) is 3.69. The number of halogens is 1. The maximum Gasteiger partial charge on any atom is 0.285 e. The van der Waals surface area contributed by atoms with Gasteiger partial charge in [-0.25, -0.2) is 4.39 Å². The number of sulfonamides is 1. The number of rotatable bonds is 5. The molecule has 0 saturated heterocycles. The van der Waals surface area contributed by atoms with Crippen LogP contribution in [0.2, 0.25) is 0 Å². The van der Waals surface area contributed by atoms with Crippen LogP contribution in [0.5, 0.6) is 0 Å². The molecule has 0 N–H and O–H groups in total. The summed E-state index contributed by atoms with van der Waals surface area (Å²) in [5, 5.41) is 0. The molecule has 0 bridgehead atoms. The highest BCUT2D eigenvalue weighted by molar-refractivity contribution is 7.90. The van der Waals surface area contributed by atoms with E-state index in [2.05, 4.69) is 4.40 Å². The van der Waals surface area contributed by atoms with E-state index >= 15 is 0 Å². The van der Waals surface area contributed by atoms with E-state index in [9.17, 15) is 12.8 Å². The van der Waals surface area contributed by atoms with Crippen LogP contribution in [-0.4, -0.2) is 17.6 Å². The molecule has 0 fully saturated rings. The maximum atomic E-state index is 14.1. The van der Waals surface area contributed by atoms with Crippen molar-refractivity contribution in [1.29, 1.82) is 0 Å². The Bertz CT molecular complexity index is 1370. The van der Waals surface area contributed by atoms with Gasteiger partial charge < -0.3 is 9.13 Å². The van der Waals surface area contributed by atoms with Crippen LogP contribution in [0.3, 0.4) is 0 Å². The van der Waals surface area contributed by atoms with E-state index in [0.717, 1.165) is 16.6 Å². The third-order valence-corrected chi connectivity index (χ3v) is 6.29. The summed E-state index contributed by atoms with van der Waals surface area (Å²) in [7, 11) is -3.94. The molecule has 0 aliphatic rings. The first-order valence-corrected chi connectivity index (χ1v) is 11.1. The Morgan fingerprint density at radius 2 is 1.60 bits per heavy atom. The molecule has 4 rings (SSSR count). The monoisotopic (exact) mass is 423 g/mol. The first-order chi connectivity index (χ1) is 14.4. The zero-order valence-electron chi connectivity index (χ0n) is 16.8. The Morgan fingerprint density at radius 1 is 0.900 bits per heavy atom. The molecular weight excluding hydrogens is 401 g/mol. The normalized spacial score (nSPS) is 12.6. The lowest BCUT2D eigenvalue weighted by atomic mass is 10.1. The lowest BCUT2D eigenvalue weighted by molar-refractivity contribution is 0.590. The summed E-state index contributed by atoms with van der Waals surface area (Å²) in [6, 6.07) is 20.5. The van der Waals surface area contributed by atoms with Gasteiger partial charge in [0.25, 0.3) is 10.0 Å². The Labute approximate surface area is 174 Å². The quantitative estimate of drug-likeness (QED) is 0.482. The molecule has 5 nitrogen and oxygen atoms in total. The van der Waals surface area contributed by atoms with Crippen LogP contribution in [0.4, 0.5) is 4.39 Å². The van der Waals surface area contributed by atoms with Gasteiger partial charge in [-0.05, 0) is 49.7 Å². The van der Waals surface area contributed by atoms with E-state index < -0.39 is 10.0 Å². The first kappa shape index (κ1) is 20.1. The molecule has 0 radical (unpaired) electrons. The zero-order valence-corrected chi connectivity index (χ0v) is 17.6. The minimum Gasteiger partial charge on any atom is -0.310 e. The van der Waals surface area contributed by atoms with E-state index in [-0.39, 0.29) is 16.3 Å². The predicted molar refractivity (Wildman–Crippen MR) is 115 cm³/mol. The van der Waals surface area contributed by atoms with Gasteiger partial charge in [0.1, 0.15) is 5.82 Å². The van der Waals surface area contributed by atoms with Crippen molar-refractivity contribution in [3.63, 3.8) is 0 Å². The molecule has 0 unspecified atom stereocenters. The number of aryl methyl sites for hydroxylation is 2. The molecule has 0 amide bonds. The summed E-state index contributed by atoms with van der Waals surface area (Å²) in [5.74, 6) is -0.383. The van der Waals surface area contributed by atoms with Crippen LogP contribution in [0, 0.1) is 12.7 Å². The van der Waals surface area contributed by atoms with Crippen LogP contribution in [0.25, 0.3) is 11.0 Å². The van der Waals surface area contributed by atoms with E-state index in [4.69, 9.17) is 0 Å². The van der Waals surface area contributed by atoms with Gasteiger partial charge in [0, 0.05) is 6.54 Å². The van der Waals surface area contributed by atoms with E-state index in [0.29, 0.717) is 18.6 Å². The van der Waals surface area contributed by atoms with Gasteiger partial charge >= 0.3 is 0 Å². The van der Waals surface area contributed by atoms with Crippen molar-refractivity contribution in [3.8, 4) is 0 Å². The fourth-order valence-corrected chi connectivity index (χ4v) is 4.52. The molecule has 30 heavy (non-hydrogen) atoms. The van der Waals surface area contributed by atoms with Crippen LogP contribution in [0.1, 0.15) is 18.1 Å². The molecule has 1 heterocycles. The average Bonchev–Trinajstić information content (AvgIpc) is 3.01. The third-order valence-electron chi connectivity index (χ3n) is 5.02. The highest BCUT2D eigenvalue weighted by Crippen LogP contribution is 2.18. The third kappa shape index (κ3) is 3.80. The second-order valence-corrected chi connectivity index (χ2v) is 8.73. The SMILES string of the molecule is CCn1c(=NS(=O)(=O)c2ccccc2)n(Cc2ccc(C)cc2)c2cc(F)ccc21. The molecular formula is C23H22FN3O2S. The number of benzene rings is 3. The summed E-state index contributed by atoms with van der Waals surface area (Å²) < 4.78 is 47.8. The highest BCUT2D eigenvalue weighted by Gasteiger charge is 2.17. The largest absolute Gasteiger partial charge is 0.310 e. The lowest BCUT2D eigenvalue weighted by Gasteiger charge is -2.07. The van der Waals surface area contributed by atoms with Crippen molar-refractivity contribution in [2.45, 2.75) is 31.8 Å². The Morgan fingerprint density at radius 3 is 2.27 bits per heavy atom. The predicted octanol–water partition coefficient (Wildman–Crippen LogP) is 4.25. The molecule has 4 aromatic rings. The highest BCUT2D eigenvalue weighted by atomic mass is 32.2. The van der Waals surface area contributed by atoms with Gasteiger partial charge in [0.15, 0.2) is 0 Å². The molecule has 154 valence electrons. The molecule has 0 atom stereocenters. The molecule has 0 saturated carbocycles. The van der Waals surface area contributed by atoms with Gasteiger partial charge in [-0.2, -0.15) is 8.42 Å². The number of hydrogen-bond donors (Lipinski definition) is 0. The molecule has 7 heteroatoms. The molecule has 0 spiro atoms. The number of hydrogen-bond acceptors (Lipinski definition) is 2. The maximum absolute atomic E-state index is 14.1. The van der Waals surface area contributed by atoms with Crippen LogP contribution < -0.4 is 5.62 Å². The smallest absolute Gasteiger partial charge is 0.285 e. The van der Waals surface area contributed by atoms with E-state index in [1.54, 1.807) is 33.4 Å². The Kier molecular flexibility index (Phi) is 5.30. The topological polar surface area (TPSA) is 56.4 Å². The fraction of sp³-hybridized carbons (Fsp3) is 0.174. The van der Waals surface area contributed by atoms with Crippen molar-refractivity contribution < 1.29 is 12.8 Å². The van der Waals surface area contributed by atoms with Gasteiger partial charge in [0.05, 0.1) is 22.5 Å². The summed E-state index contributed by atoms with van der Waals surface area (Å²) >= 11 is 0. The Hall–Kier alpha value is -3.19. The van der Waals surface area contributed by atoms with Crippen LogP contribution >= 0.6 is 0 Å². The number of imidazole rings is 1. The van der Waals surface area contributed by atoms with Crippen LogP contribution in [-0.2, 0) is 23.1 Å². The molecule has 0 aliphatic heterocycles. The second kappa shape index (κ2) is 7.91. The molecule has 1 aromatic heterocycles. The van der Waals surface area contributed by atoms with Gasteiger partial charge in [-0.1, -0.05) is 48.0 Å². The second-order valence-electron chi connectivity index (χ2n) is 7.13. The minimum atomic E-state index is -3.94. The van der Waals surface area contributed by atoms with E-state index in [1.165, 1.54) is 24.3 Å². The van der Waals surface area contributed by atoms with Crippen molar-refractivity contribution in [3.05, 3.63) is 95.4 Å². The zero-order chi connectivity index (χ0) is 21.3. The van der Waals surface area contributed by atoms with Gasteiger partial charge in [-0.15, -0.1) is 4.40 Å².